The molecule has 0 aromatic heterocycles. The topological polar surface area (TPSA) is 64.3 Å². The maximum atomic E-state index is 11.2. The molecule has 0 radical (unpaired) electrons. The Morgan fingerprint density at radius 1 is 1.50 bits per heavy atom. The number of benzene rings is 1. The maximum absolute atomic E-state index is 11.2. The number of nitrogens with zero attached hydrogens (tertiary/aromatic N) is 2. The molecule has 0 aliphatic heterocycles. The standard InChI is InChI=1S/C14H18N2O2/c1-10(2)13(14(17)18)16(3)9-12-6-4-5-11(7-12)8-15/h4-7,10,13H,9H2,1-3H3,(H,17,18). The molecule has 0 fully saturated rings. The number of carboxylic acid groups (broad SMARTS) is 1. The molecule has 1 atom stereocenters. The van der Waals surface area contributed by atoms with Crippen LogP contribution in [0.1, 0.15) is 25.0 Å². The van der Waals surface area contributed by atoms with Crippen molar-refractivity contribution in [3.63, 3.8) is 0 Å². The van der Waals surface area contributed by atoms with Crippen LogP contribution in [-0.2, 0) is 11.3 Å². The zero-order chi connectivity index (χ0) is 13.7. The van der Waals surface area contributed by atoms with Crippen molar-refractivity contribution in [3.8, 4) is 6.07 Å². The second-order valence-electron chi connectivity index (χ2n) is 4.75. The fourth-order valence-electron chi connectivity index (χ4n) is 2.11. The van der Waals surface area contributed by atoms with Crippen molar-refractivity contribution in [1.82, 2.24) is 4.90 Å². The van der Waals surface area contributed by atoms with E-state index >= 15 is 0 Å². The Morgan fingerprint density at radius 2 is 2.17 bits per heavy atom. The van der Waals surface area contributed by atoms with E-state index in [9.17, 15) is 9.90 Å². The van der Waals surface area contributed by atoms with Crippen molar-refractivity contribution in [2.45, 2.75) is 26.4 Å². The lowest BCUT2D eigenvalue weighted by Crippen LogP contribution is -2.41. The molecule has 1 aromatic rings. The number of hydrogen-bond donors (Lipinski definition) is 1. The van der Waals surface area contributed by atoms with E-state index in [0.717, 1.165) is 5.56 Å². The van der Waals surface area contributed by atoms with E-state index in [1.807, 2.05) is 26.0 Å². The molecule has 0 saturated carbocycles. The first-order chi connectivity index (χ1) is 8.45. The zero-order valence-electron chi connectivity index (χ0n) is 10.9. The van der Waals surface area contributed by atoms with Gasteiger partial charge in [-0.1, -0.05) is 26.0 Å². The molecule has 0 amide bonds. The number of nitriles is 1. The Morgan fingerprint density at radius 3 is 2.67 bits per heavy atom. The first-order valence-corrected chi connectivity index (χ1v) is 5.87. The van der Waals surface area contributed by atoms with E-state index in [-0.39, 0.29) is 5.92 Å². The van der Waals surface area contributed by atoms with Crippen molar-refractivity contribution in [1.29, 1.82) is 5.26 Å². The van der Waals surface area contributed by atoms with Gasteiger partial charge in [-0.15, -0.1) is 0 Å². The highest BCUT2D eigenvalue weighted by Crippen LogP contribution is 2.14. The quantitative estimate of drug-likeness (QED) is 0.864. The van der Waals surface area contributed by atoms with Crippen LogP contribution in [-0.4, -0.2) is 29.1 Å². The third-order valence-electron chi connectivity index (χ3n) is 2.85. The normalized spacial score (nSPS) is 12.4. The molecule has 1 N–H and O–H groups in total. The van der Waals surface area contributed by atoms with Crippen LogP contribution in [0, 0.1) is 17.2 Å². The van der Waals surface area contributed by atoms with E-state index in [0.29, 0.717) is 12.1 Å². The molecule has 4 nitrogen and oxygen atoms in total. The molecule has 4 heteroatoms. The molecule has 0 bridgehead atoms. The second kappa shape index (κ2) is 6.18. The highest BCUT2D eigenvalue weighted by Gasteiger charge is 2.25. The fraction of sp³-hybridized carbons (Fsp3) is 0.429. The van der Waals surface area contributed by atoms with Gasteiger partial charge in [0, 0.05) is 6.54 Å². The van der Waals surface area contributed by atoms with E-state index in [1.54, 1.807) is 24.1 Å². The van der Waals surface area contributed by atoms with Crippen molar-refractivity contribution < 1.29 is 9.90 Å². The first kappa shape index (κ1) is 14.2. The summed E-state index contributed by atoms with van der Waals surface area (Å²) < 4.78 is 0. The van der Waals surface area contributed by atoms with Gasteiger partial charge >= 0.3 is 5.97 Å². The summed E-state index contributed by atoms with van der Waals surface area (Å²) >= 11 is 0. The van der Waals surface area contributed by atoms with Gasteiger partial charge in [0.05, 0.1) is 11.6 Å². The van der Waals surface area contributed by atoms with Crippen LogP contribution in [0.3, 0.4) is 0 Å². The lowest BCUT2D eigenvalue weighted by Gasteiger charge is -2.27. The van der Waals surface area contributed by atoms with E-state index in [4.69, 9.17) is 5.26 Å². The lowest BCUT2D eigenvalue weighted by atomic mass is 10.0. The van der Waals surface area contributed by atoms with Gasteiger partial charge in [0.2, 0.25) is 0 Å². The number of carboxylic acids is 1. The van der Waals surface area contributed by atoms with Gasteiger partial charge in [0.1, 0.15) is 6.04 Å². The first-order valence-electron chi connectivity index (χ1n) is 5.87. The number of carbonyl (C=O) groups is 1. The average Bonchev–Trinajstić information content (AvgIpc) is 2.28. The summed E-state index contributed by atoms with van der Waals surface area (Å²) in [5, 5.41) is 18.0. The molecular formula is C14H18N2O2. The second-order valence-corrected chi connectivity index (χ2v) is 4.75. The molecule has 1 unspecified atom stereocenters. The lowest BCUT2D eigenvalue weighted by molar-refractivity contribution is -0.144. The minimum Gasteiger partial charge on any atom is -0.480 e. The largest absolute Gasteiger partial charge is 0.480 e. The van der Waals surface area contributed by atoms with Crippen LogP contribution in [0.4, 0.5) is 0 Å². The van der Waals surface area contributed by atoms with Crippen molar-refractivity contribution in [2.75, 3.05) is 7.05 Å². The van der Waals surface area contributed by atoms with Crippen LogP contribution in [0.25, 0.3) is 0 Å². The van der Waals surface area contributed by atoms with E-state index < -0.39 is 12.0 Å². The Bertz CT molecular complexity index is 463. The van der Waals surface area contributed by atoms with Crippen LogP contribution in [0.2, 0.25) is 0 Å². The van der Waals surface area contributed by atoms with Gasteiger partial charge in [-0.05, 0) is 30.7 Å². The molecule has 0 aliphatic rings. The van der Waals surface area contributed by atoms with E-state index in [2.05, 4.69) is 6.07 Å². The Balaban J connectivity index is 2.82. The zero-order valence-corrected chi connectivity index (χ0v) is 10.9. The Labute approximate surface area is 107 Å². The summed E-state index contributed by atoms with van der Waals surface area (Å²) in [5.74, 6) is -0.782. The predicted molar refractivity (Wildman–Crippen MR) is 68.9 cm³/mol. The van der Waals surface area contributed by atoms with Gasteiger partial charge in [0.15, 0.2) is 0 Å². The highest BCUT2D eigenvalue weighted by atomic mass is 16.4. The minimum atomic E-state index is -0.816. The van der Waals surface area contributed by atoms with Crippen molar-refractivity contribution >= 4 is 5.97 Å². The molecule has 0 heterocycles. The average molecular weight is 246 g/mol. The van der Waals surface area contributed by atoms with Crippen molar-refractivity contribution in [2.24, 2.45) is 5.92 Å². The van der Waals surface area contributed by atoms with Crippen LogP contribution in [0.5, 0.6) is 0 Å². The predicted octanol–water partition coefficient (Wildman–Crippen LogP) is 2.10. The molecule has 1 rings (SSSR count). The molecule has 0 spiro atoms. The number of hydrogen-bond acceptors (Lipinski definition) is 3. The molecule has 1 aromatic carbocycles. The summed E-state index contributed by atoms with van der Waals surface area (Å²) in [6.45, 7) is 4.30. The minimum absolute atomic E-state index is 0.0339. The molecular weight excluding hydrogens is 228 g/mol. The SMILES string of the molecule is CC(C)C(C(=O)O)N(C)Cc1cccc(C#N)c1. The van der Waals surface area contributed by atoms with Crippen LogP contribution in [0.15, 0.2) is 24.3 Å². The molecule has 0 saturated heterocycles. The van der Waals surface area contributed by atoms with E-state index in [1.165, 1.54) is 0 Å². The third kappa shape index (κ3) is 3.57. The molecule has 0 aliphatic carbocycles. The number of likely N-dealkylation sites (N-methyl/N-ethyl adjacent to an activating group) is 1. The summed E-state index contributed by atoms with van der Waals surface area (Å²) in [6, 6.07) is 8.80. The summed E-state index contributed by atoms with van der Waals surface area (Å²) in [6.07, 6.45) is 0. The van der Waals surface area contributed by atoms with Crippen LogP contribution >= 0.6 is 0 Å². The van der Waals surface area contributed by atoms with Crippen LogP contribution < -0.4 is 0 Å². The Kier molecular flexibility index (Phi) is 4.87. The number of aliphatic carboxylic acids is 1. The van der Waals surface area contributed by atoms with Crippen molar-refractivity contribution in [3.05, 3.63) is 35.4 Å². The summed E-state index contributed by atoms with van der Waals surface area (Å²) in [7, 11) is 1.79. The van der Waals surface area contributed by atoms with Gasteiger partial charge < -0.3 is 5.11 Å². The Hall–Kier alpha value is -1.86. The fourth-order valence-corrected chi connectivity index (χ4v) is 2.11. The van der Waals surface area contributed by atoms with Gasteiger partial charge in [-0.2, -0.15) is 5.26 Å². The van der Waals surface area contributed by atoms with Gasteiger partial charge in [-0.3, -0.25) is 9.69 Å². The summed E-state index contributed by atoms with van der Waals surface area (Å²) in [5.41, 5.74) is 1.54. The molecule has 18 heavy (non-hydrogen) atoms. The summed E-state index contributed by atoms with van der Waals surface area (Å²) in [4.78, 5) is 13.0. The third-order valence-corrected chi connectivity index (χ3v) is 2.85. The highest BCUT2D eigenvalue weighted by molar-refractivity contribution is 5.73. The van der Waals surface area contributed by atoms with Gasteiger partial charge in [-0.25, -0.2) is 0 Å². The molecule has 96 valence electrons. The monoisotopic (exact) mass is 246 g/mol. The smallest absolute Gasteiger partial charge is 0.321 e. The number of rotatable bonds is 5. The van der Waals surface area contributed by atoms with Gasteiger partial charge in [0.25, 0.3) is 0 Å². The maximum Gasteiger partial charge on any atom is 0.321 e.